The number of para-hydroxylation sites is 1. The Kier molecular flexibility index (Phi) is 5.65. The molecule has 0 atom stereocenters. The number of aromatic nitrogens is 1. The van der Waals surface area contributed by atoms with Crippen molar-refractivity contribution in [1.82, 2.24) is 4.98 Å². The van der Waals surface area contributed by atoms with Crippen LogP contribution >= 0.6 is 11.3 Å². The Labute approximate surface area is 154 Å². The Bertz CT molecular complexity index is 930. The smallest absolute Gasteiger partial charge is 0.335 e. The SMILES string of the molecule is CCCC(N=Nc1nc2ccccc2s1)=NNc1ccc(C(=O)O)cc1. The molecule has 0 aliphatic carbocycles. The van der Waals surface area contributed by atoms with Crippen LogP contribution in [0.5, 0.6) is 0 Å². The lowest BCUT2D eigenvalue weighted by molar-refractivity contribution is 0.0697. The number of fused-ring (bicyclic) bond motifs is 1. The maximum Gasteiger partial charge on any atom is 0.335 e. The van der Waals surface area contributed by atoms with Crippen LogP contribution in [0, 0.1) is 0 Å². The minimum atomic E-state index is -0.962. The second kappa shape index (κ2) is 8.30. The number of hydrogen-bond donors (Lipinski definition) is 2. The summed E-state index contributed by atoms with van der Waals surface area (Å²) < 4.78 is 1.06. The van der Waals surface area contributed by atoms with Crippen LogP contribution in [0.4, 0.5) is 10.8 Å². The Morgan fingerprint density at radius 2 is 1.96 bits per heavy atom. The number of rotatable bonds is 6. The second-order valence-corrected chi connectivity index (χ2v) is 6.45. The zero-order chi connectivity index (χ0) is 18.4. The average molecular weight is 367 g/mol. The van der Waals surface area contributed by atoms with Crippen molar-refractivity contribution in [2.45, 2.75) is 19.8 Å². The Balaban J connectivity index is 1.72. The largest absolute Gasteiger partial charge is 0.478 e. The Morgan fingerprint density at radius 3 is 2.65 bits per heavy atom. The van der Waals surface area contributed by atoms with Gasteiger partial charge in [0.25, 0.3) is 0 Å². The number of carbonyl (C=O) groups is 1. The molecule has 2 N–H and O–H groups in total. The lowest BCUT2D eigenvalue weighted by Gasteiger charge is -2.02. The first-order valence-electron chi connectivity index (χ1n) is 8.09. The molecule has 1 aromatic heterocycles. The maximum atomic E-state index is 10.9. The van der Waals surface area contributed by atoms with Gasteiger partial charge in [0.2, 0.25) is 5.13 Å². The number of aromatic carboxylic acids is 1. The molecule has 26 heavy (non-hydrogen) atoms. The standard InChI is InChI=1S/C18H17N5O2S/c1-2-5-16(21-20-13-10-8-12(9-11-13)17(24)25)22-23-18-19-14-6-3-4-7-15(14)26-18/h3-4,6-11,20H,2,5H2,1H3,(H,24,25). The normalized spacial score (nSPS) is 12.0. The number of benzene rings is 2. The van der Waals surface area contributed by atoms with E-state index in [1.165, 1.54) is 23.5 Å². The molecular formula is C18H17N5O2S. The highest BCUT2D eigenvalue weighted by Crippen LogP contribution is 2.27. The van der Waals surface area contributed by atoms with Gasteiger partial charge in [-0.25, -0.2) is 9.78 Å². The van der Waals surface area contributed by atoms with Gasteiger partial charge in [0.15, 0.2) is 5.84 Å². The fourth-order valence-electron chi connectivity index (χ4n) is 2.17. The first kappa shape index (κ1) is 17.7. The van der Waals surface area contributed by atoms with E-state index < -0.39 is 5.97 Å². The summed E-state index contributed by atoms with van der Waals surface area (Å²) >= 11 is 1.47. The first-order chi connectivity index (χ1) is 12.7. The summed E-state index contributed by atoms with van der Waals surface area (Å²) in [5.41, 5.74) is 4.69. The van der Waals surface area contributed by atoms with Crippen molar-refractivity contribution in [3.8, 4) is 0 Å². The van der Waals surface area contributed by atoms with Gasteiger partial charge in [-0.3, -0.25) is 5.43 Å². The van der Waals surface area contributed by atoms with Crippen LogP contribution in [0.3, 0.4) is 0 Å². The second-order valence-electron chi connectivity index (χ2n) is 5.44. The number of azo groups is 1. The van der Waals surface area contributed by atoms with Crippen molar-refractivity contribution in [2.24, 2.45) is 15.3 Å². The summed E-state index contributed by atoms with van der Waals surface area (Å²) in [5, 5.41) is 22.2. The summed E-state index contributed by atoms with van der Waals surface area (Å²) in [4.78, 5) is 15.3. The zero-order valence-corrected chi connectivity index (χ0v) is 14.9. The Morgan fingerprint density at radius 1 is 1.19 bits per heavy atom. The molecule has 3 rings (SSSR count). The molecule has 0 fully saturated rings. The van der Waals surface area contributed by atoms with E-state index in [0.717, 1.165) is 16.6 Å². The maximum absolute atomic E-state index is 10.9. The van der Waals surface area contributed by atoms with E-state index >= 15 is 0 Å². The average Bonchev–Trinajstić information content (AvgIpc) is 3.07. The molecule has 2 aromatic carbocycles. The molecule has 0 spiro atoms. The van der Waals surface area contributed by atoms with Crippen LogP contribution in [-0.4, -0.2) is 21.9 Å². The van der Waals surface area contributed by atoms with Crippen LogP contribution in [-0.2, 0) is 0 Å². The molecule has 132 valence electrons. The number of hydrogen-bond acceptors (Lipinski definition) is 6. The number of carboxylic acid groups (broad SMARTS) is 1. The van der Waals surface area contributed by atoms with E-state index in [9.17, 15) is 4.79 Å². The summed E-state index contributed by atoms with van der Waals surface area (Å²) in [7, 11) is 0. The summed E-state index contributed by atoms with van der Waals surface area (Å²) in [6.45, 7) is 2.03. The summed E-state index contributed by atoms with van der Waals surface area (Å²) in [5.74, 6) is -0.412. The highest BCUT2D eigenvalue weighted by atomic mass is 32.1. The lowest BCUT2D eigenvalue weighted by atomic mass is 10.2. The monoisotopic (exact) mass is 367 g/mol. The molecule has 3 aromatic rings. The van der Waals surface area contributed by atoms with Crippen molar-refractivity contribution < 1.29 is 9.90 Å². The van der Waals surface area contributed by atoms with Gasteiger partial charge >= 0.3 is 5.97 Å². The molecule has 0 saturated heterocycles. The molecule has 0 aliphatic heterocycles. The third-order valence-electron chi connectivity index (χ3n) is 3.45. The predicted octanol–water partition coefficient (Wildman–Crippen LogP) is 5.30. The molecule has 8 heteroatoms. The number of hydrazone groups is 1. The van der Waals surface area contributed by atoms with Gasteiger partial charge < -0.3 is 5.11 Å². The summed E-state index contributed by atoms with van der Waals surface area (Å²) in [6.07, 6.45) is 1.53. The zero-order valence-electron chi connectivity index (χ0n) is 14.1. The molecule has 0 aliphatic rings. The van der Waals surface area contributed by atoms with E-state index in [2.05, 4.69) is 25.7 Å². The molecule has 0 saturated carbocycles. The molecule has 0 radical (unpaired) electrons. The number of nitrogens with one attached hydrogen (secondary N) is 1. The molecule has 0 bridgehead atoms. The van der Waals surface area contributed by atoms with Gasteiger partial charge in [-0.15, -0.1) is 10.2 Å². The van der Waals surface area contributed by atoms with E-state index in [1.54, 1.807) is 12.1 Å². The van der Waals surface area contributed by atoms with Crippen LogP contribution in [0.1, 0.15) is 30.1 Å². The predicted molar refractivity (Wildman–Crippen MR) is 104 cm³/mol. The van der Waals surface area contributed by atoms with Gasteiger partial charge in [-0.2, -0.15) is 5.10 Å². The molecule has 7 nitrogen and oxygen atoms in total. The van der Waals surface area contributed by atoms with E-state index in [-0.39, 0.29) is 5.56 Å². The number of anilines is 1. The van der Waals surface area contributed by atoms with Crippen molar-refractivity contribution in [3.63, 3.8) is 0 Å². The number of carboxylic acids is 1. The highest BCUT2D eigenvalue weighted by Gasteiger charge is 2.04. The number of nitrogens with zero attached hydrogens (tertiary/aromatic N) is 4. The van der Waals surface area contributed by atoms with Crippen molar-refractivity contribution >= 4 is 44.2 Å². The van der Waals surface area contributed by atoms with Gasteiger partial charge in [0, 0.05) is 6.42 Å². The van der Waals surface area contributed by atoms with E-state index in [1.807, 2.05) is 31.2 Å². The lowest BCUT2D eigenvalue weighted by Crippen LogP contribution is -2.00. The van der Waals surface area contributed by atoms with Crippen molar-refractivity contribution in [3.05, 3.63) is 54.1 Å². The minimum absolute atomic E-state index is 0.226. The van der Waals surface area contributed by atoms with E-state index in [0.29, 0.717) is 23.1 Å². The first-order valence-corrected chi connectivity index (χ1v) is 8.90. The van der Waals surface area contributed by atoms with Gasteiger partial charge in [0.1, 0.15) is 0 Å². The fraction of sp³-hybridized carbons (Fsp3) is 0.167. The van der Waals surface area contributed by atoms with Crippen LogP contribution < -0.4 is 5.43 Å². The van der Waals surface area contributed by atoms with Crippen molar-refractivity contribution in [2.75, 3.05) is 5.43 Å². The highest BCUT2D eigenvalue weighted by molar-refractivity contribution is 7.21. The third kappa shape index (κ3) is 4.48. The van der Waals surface area contributed by atoms with Gasteiger partial charge in [-0.05, 0) is 42.8 Å². The molecule has 0 amide bonds. The van der Waals surface area contributed by atoms with Gasteiger partial charge in [-0.1, -0.05) is 30.4 Å². The molecule has 1 heterocycles. The topological polar surface area (TPSA) is 99.3 Å². The van der Waals surface area contributed by atoms with E-state index in [4.69, 9.17) is 5.11 Å². The number of thiazole rings is 1. The fourth-order valence-corrected chi connectivity index (χ4v) is 2.96. The van der Waals surface area contributed by atoms with Crippen LogP contribution in [0.2, 0.25) is 0 Å². The van der Waals surface area contributed by atoms with Gasteiger partial charge in [0.05, 0.1) is 21.5 Å². The van der Waals surface area contributed by atoms with Crippen LogP contribution in [0.25, 0.3) is 10.2 Å². The Hall–Kier alpha value is -3.13. The summed E-state index contributed by atoms with van der Waals surface area (Å²) in [6, 6.07) is 14.2. The number of amidine groups is 1. The molecule has 0 unspecified atom stereocenters. The third-order valence-corrected chi connectivity index (χ3v) is 4.37. The van der Waals surface area contributed by atoms with Crippen LogP contribution in [0.15, 0.2) is 63.9 Å². The minimum Gasteiger partial charge on any atom is -0.478 e. The molecular weight excluding hydrogens is 350 g/mol. The quantitative estimate of drug-likeness (QED) is 0.267. The van der Waals surface area contributed by atoms with Crippen molar-refractivity contribution in [1.29, 1.82) is 0 Å².